The van der Waals surface area contributed by atoms with Crippen LogP contribution in [0.5, 0.6) is 0 Å². The third-order valence-corrected chi connectivity index (χ3v) is 4.68. The monoisotopic (exact) mass is 451 g/mol. The fourth-order valence-electron chi connectivity index (χ4n) is 2.63. The van der Waals surface area contributed by atoms with Crippen LogP contribution in [0.15, 0.2) is 65.0 Å². The molecular formula is C19H22IN3S. The third-order valence-electron chi connectivity index (χ3n) is 3.80. The van der Waals surface area contributed by atoms with E-state index in [1.54, 1.807) is 11.3 Å². The number of thiophene rings is 1. The summed E-state index contributed by atoms with van der Waals surface area (Å²) in [7, 11) is 1.81. The molecule has 126 valence electrons. The Hall–Kier alpha value is -1.60. The van der Waals surface area contributed by atoms with Crippen molar-refractivity contribution in [2.45, 2.75) is 13.0 Å². The number of hydrogen-bond donors (Lipinski definition) is 2. The van der Waals surface area contributed by atoms with Gasteiger partial charge in [0.2, 0.25) is 0 Å². The Balaban J connectivity index is 0.00000208. The minimum absolute atomic E-state index is 0. The fraction of sp³-hybridized carbons (Fsp3) is 0.211. The number of guanidine groups is 1. The van der Waals surface area contributed by atoms with Gasteiger partial charge >= 0.3 is 0 Å². The van der Waals surface area contributed by atoms with Crippen LogP contribution >= 0.6 is 35.3 Å². The Morgan fingerprint density at radius 1 is 1.00 bits per heavy atom. The molecule has 0 spiro atoms. The molecule has 0 radical (unpaired) electrons. The molecule has 5 heteroatoms. The van der Waals surface area contributed by atoms with Gasteiger partial charge in [0.25, 0.3) is 0 Å². The molecule has 0 fully saturated rings. The molecule has 3 nitrogen and oxygen atoms in total. The molecule has 24 heavy (non-hydrogen) atoms. The molecule has 2 N–H and O–H groups in total. The number of nitrogens with zero attached hydrogens (tertiary/aromatic N) is 1. The number of hydrogen-bond acceptors (Lipinski definition) is 2. The van der Waals surface area contributed by atoms with Crippen LogP contribution in [-0.4, -0.2) is 19.6 Å². The lowest BCUT2D eigenvalue weighted by molar-refractivity contribution is 0.801. The van der Waals surface area contributed by atoms with Crippen LogP contribution < -0.4 is 10.6 Å². The van der Waals surface area contributed by atoms with Gasteiger partial charge in [-0.3, -0.25) is 4.99 Å². The van der Waals surface area contributed by atoms with Crippen LogP contribution in [-0.2, 0) is 13.0 Å². The van der Waals surface area contributed by atoms with E-state index in [4.69, 9.17) is 0 Å². The van der Waals surface area contributed by atoms with Gasteiger partial charge in [0.05, 0.1) is 6.54 Å². The van der Waals surface area contributed by atoms with Crippen molar-refractivity contribution in [2.75, 3.05) is 13.6 Å². The summed E-state index contributed by atoms with van der Waals surface area (Å²) in [5.41, 5.74) is 1.37. The first kappa shape index (κ1) is 18.7. The minimum Gasteiger partial charge on any atom is -0.356 e. The molecule has 2 aromatic carbocycles. The SMILES string of the molecule is CN=C(NCCc1cccc2ccccc12)NCc1cccs1.I. The molecule has 1 heterocycles. The van der Waals surface area contributed by atoms with Gasteiger partial charge in [-0.15, -0.1) is 35.3 Å². The smallest absolute Gasteiger partial charge is 0.191 e. The average Bonchev–Trinajstić information content (AvgIpc) is 3.11. The number of fused-ring (bicyclic) bond motifs is 1. The Labute approximate surface area is 164 Å². The van der Waals surface area contributed by atoms with E-state index >= 15 is 0 Å². The van der Waals surface area contributed by atoms with E-state index in [2.05, 4.69) is 75.6 Å². The molecule has 1 aromatic heterocycles. The zero-order valence-electron chi connectivity index (χ0n) is 13.7. The second-order valence-electron chi connectivity index (χ2n) is 5.32. The Morgan fingerprint density at radius 2 is 1.83 bits per heavy atom. The molecule has 0 aliphatic heterocycles. The van der Waals surface area contributed by atoms with Crippen LogP contribution in [0.3, 0.4) is 0 Å². The van der Waals surface area contributed by atoms with Gasteiger partial charge in [0, 0.05) is 18.5 Å². The van der Waals surface area contributed by atoms with Crippen LogP contribution in [0.2, 0.25) is 0 Å². The van der Waals surface area contributed by atoms with Crippen molar-refractivity contribution >= 4 is 52.0 Å². The van der Waals surface area contributed by atoms with Crippen LogP contribution in [0, 0.1) is 0 Å². The standard InChI is InChI=1S/C19H21N3S.HI/c1-20-19(22-14-17-9-5-13-23-17)21-12-11-16-8-4-7-15-6-2-3-10-18(15)16;/h2-10,13H,11-12,14H2,1H3,(H2,20,21,22);1H. The molecular weight excluding hydrogens is 429 g/mol. The highest BCUT2D eigenvalue weighted by atomic mass is 127. The van der Waals surface area contributed by atoms with E-state index in [0.29, 0.717) is 0 Å². The van der Waals surface area contributed by atoms with Crippen LogP contribution in [0.25, 0.3) is 10.8 Å². The molecule has 0 saturated carbocycles. The maximum absolute atomic E-state index is 4.28. The lowest BCUT2D eigenvalue weighted by Gasteiger charge is -2.12. The maximum Gasteiger partial charge on any atom is 0.191 e. The molecule has 0 atom stereocenters. The molecule has 3 rings (SSSR count). The van der Waals surface area contributed by atoms with Crippen molar-refractivity contribution in [2.24, 2.45) is 4.99 Å². The average molecular weight is 451 g/mol. The number of halogens is 1. The van der Waals surface area contributed by atoms with Crippen molar-refractivity contribution in [1.82, 2.24) is 10.6 Å². The van der Waals surface area contributed by atoms with E-state index in [-0.39, 0.29) is 24.0 Å². The summed E-state index contributed by atoms with van der Waals surface area (Å²) in [6.07, 6.45) is 0.973. The number of nitrogens with one attached hydrogen (secondary N) is 2. The lowest BCUT2D eigenvalue weighted by atomic mass is 10.0. The van der Waals surface area contributed by atoms with Gasteiger partial charge in [-0.05, 0) is 34.2 Å². The molecule has 0 saturated heterocycles. The fourth-order valence-corrected chi connectivity index (χ4v) is 3.28. The van der Waals surface area contributed by atoms with Crippen LogP contribution in [0.4, 0.5) is 0 Å². The summed E-state index contributed by atoms with van der Waals surface area (Å²) in [5.74, 6) is 0.846. The molecule has 0 bridgehead atoms. The first-order valence-corrected chi connectivity index (χ1v) is 8.68. The molecule has 0 unspecified atom stereocenters. The van der Waals surface area contributed by atoms with Gasteiger partial charge in [-0.2, -0.15) is 0 Å². The zero-order valence-corrected chi connectivity index (χ0v) is 16.8. The second-order valence-corrected chi connectivity index (χ2v) is 6.35. The second kappa shape index (κ2) is 9.64. The van der Waals surface area contributed by atoms with Crippen LogP contribution in [0.1, 0.15) is 10.4 Å². The highest BCUT2D eigenvalue weighted by Crippen LogP contribution is 2.18. The highest BCUT2D eigenvalue weighted by molar-refractivity contribution is 14.0. The maximum atomic E-state index is 4.28. The van der Waals surface area contributed by atoms with Gasteiger partial charge in [-0.25, -0.2) is 0 Å². The first-order chi connectivity index (χ1) is 11.4. The van der Waals surface area contributed by atoms with E-state index in [9.17, 15) is 0 Å². The molecule has 0 aliphatic rings. The normalized spacial score (nSPS) is 11.1. The van der Waals surface area contributed by atoms with Gasteiger partial charge in [-0.1, -0.05) is 48.5 Å². The largest absolute Gasteiger partial charge is 0.356 e. The van der Waals surface area contributed by atoms with E-state index in [1.807, 2.05) is 7.05 Å². The number of benzene rings is 2. The van der Waals surface area contributed by atoms with Gasteiger partial charge in [0.1, 0.15) is 0 Å². The van der Waals surface area contributed by atoms with Gasteiger partial charge in [0.15, 0.2) is 5.96 Å². The summed E-state index contributed by atoms with van der Waals surface area (Å²) >= 11 is 1.75. The van der Waals surface area contributed by atoms with Crippen molar-refractivity contribution in [3.63, 3.8) is 0 Å². The van der Waals surface area contributed by atoms with Crippen molar-refractivity contribution in [3.8, 4) is 0 Å². The summed E-state index contributed by atoms with van der Waals surface area (Å²) in [5, 5.41) is 11.5. The Bertz CT molecular complexity index is 779. The van der Waals surface area contributed by atoms with Crippen molar-refractivity contribution in [1.29, 1.82) is 0 Å². The summed E-state index contributed by atoms with van der Waals surface area (Å²) in [6.45, 7) is 1.67. The first-order valence-electron chi connectivity index (χ1n) is 7.80. The summed E-state index contributed by atoms with van der Waals surface area (Å²) < 4.78 is 0. The van der Waals surface area contributed by atoms with E-state index in [0.717, 1.165) is 25.5 Å². The Kier molecular flexibility index (Phi) is 7.52. The number of rotatable bonds is 5. The lowest BCUT2D eigenvalue weighted by Crippen LogP contribution is -2.37. The van der Waals surface area contributed by atoms with Gasteiger partial charge < -0.3 is 10.6 Å². The highest BCUT2D eigenvalue weighted by Gasteiger charge is 2.02. The predicted molar refractivity (Wildman–Crippen MR) is 116 cm³/mol. The van der Waals surface area contributed by atoms with Crippen molar-refractivity contribution < 1.29 is 0 Å². The zero-order chi connectivity index (χ0) is 15.9. The molecule has 3 aromatic rings. The molecule has 0 aliphatic carbocycles. The third kappa shape index (κ3) is 4.95. The minimum atomic E-state index is 0. The predicted octanol–water partition coefficient (Wildman–Crippen LogP) is 4.43. The summed E-state index contributed by atoms with van der Waals surface area (Å²) in [4.78, 5) is 5.59. The topological polar surface area (TPSA) is 36.4 Å². The number of aliphatic imine (C=N–C) groups is 1. The quantitative estimate of drug-likeness (QED) is 0.342. The van der Waals surface area contributed by atoms with Crippen molar-refractivity contribution in [3.05, 3.63) is 70.4 Å². The van der Waals surface area contributed by atoms with E-state index in [1.165, 1.54) is 21.2 Å². The van der Waals surface area contributed by atoms with E-state index < -0.39 is 0 Å². The Morgan fingerprint density at radius 3 is 2.62 bits per heavy atom. The summed E-state index contributed by atoms with van der Waals surface area (Å²) in [6, 6.07) is 19.2. The molecule has 0 amide bonds.